The summed E-state index contributed by atoms with van der Waals surface area (Å²) < 4.78 is 69.1. The topological polar surface area (TPSA) is 237 Å². The fourth-order valence-corrected chi connectivity index (χ4v) is 16.2. The molecule has 0 aliphatic heterocycles. The molecule has 0 rings (SSSR count). The van der Waals surface area contributed by atoms with E-state index in [1.54, 1.807) is 0 Å². The molecule has 0 heterocycles. The van der Waals surface area contributed by atoms with Gasteiger partial charge in [0, 0.05) is 25.7 Å². The number of ether oxygens (including phenoxy) is 4. The highest BCUT2D eigenvalue weighted by Crippen LogP contribution is 2.45. The van der Waals surface area contributed by atoms with E-state index in [1.165, 1.54) is 315 Å². The quantitative estimate of drug-likeness (QED) is 0.0222. The molecule has 3 N–H and O–H groups in total. The lowest BCUT2D eigenvalue weighted by atomic mass is 10.0. The maximum Gasteiger partial charge on any atom is 0.472 e. The van der Waals surface area contributed by atoms with E-state index in [0.717, 1.165) is 102 Å². The van der Waals surface area contributed by atoms with E-state index in [1.807, 2.05) is 0 Å². The van der Waals surface area contributed by atoms with Crippen LogP contribution in [0.15, 0.2) is 0 Å². The smallest absolute Gasteiger partial charge is 0.462 e. The minimum Gasteiger partial charge on any atom is -0.462 e. The average molecular weight is 1630 g/mol. The van der Waals surface area contributed by atoms with Crippen molar-refractivity contribution >= 4 is 39.5 Å². The Morgan fingerprint density at radius 1 is 0.241 bits per heavy atom. The molecule has 2 unspecified atom stereocenters. The normalized spacial score (nSPS) is 13.7. The summed E-state index contributed by atoms with van der Waals surface area (Å²) in [4.78, 5) is 73.4. The van der Waals surface area contributed by atoms with Gasteiger partial charge in [-0.15, -0.1) is 0 Å². The average Bonchev–Trinajstić information content (AvgIpc) is 0.897. The van der Waals surface area contributed by atoms with Crippen LogP contribution in [0.4, 0.5) is 0 Å². The third kappa shape index (κ3) is 85.9. The molecule has 0 aliphatic rings. The summed E-state index contributed by atoms with van der Waals surface area (Å²) >= 11 is 0. The van der Waals surface area contributed by atoms with Gasteiger partial charge in [0.25, 0.3) is 0 Å². The number of unbranched alkanes of at least 4 members (excludes halogenated alkanes) is 62. The first-order valence-electron chi connectivity index (χ1n) is 48.0. The van der Waals surface area contributed by atoms with Gasteiger partial charge in [-0.25, -0.2) is 9.13 Å². The van der Waals surface area contributed by atoms with Crippen molar-refractivity contribution in [3.63, 3.8) is 0 Å². The van der Waals surface area contributed by atoms with Crippen molar-refractivity contribution in [2.75, 3.05) is 39.6 Å². The van der Waals surface area contributed by atoms with E-state index >= 15 is 0 Å². The number of hydrogen-bond donors (Lipinski definition) is 3. The minimum absolute atomic E-state index is 0.108. The fourth-order valence-electron chi connectivity index (χ4n) is 14.7. The second-order valence-electron chi connectivity index (χ2n) is 34.4. The molecule has 0 fully saturated rings. The summed E-state index contributed by atoms with van der Waals surface area (Å²) in [5, 5.41) is 10.7. The number of aliphatic hydroxyl groups is 1. The Balaban J connectivity index is 5.18. The molecule has 17 nitrogen and oxygen atoms in total. The number of aliphatic hydroxyl groups excluding tert-OH is 1. The molecular formula is C93H182O17P2. The number of carbonyl (C=O) groups excluding carboxylic acids is 4. The molecule has 5 atom stereocenters. The molecule has 0 spiro atoms. The van der Waals surface area contributed by atoms with Crippen molar-refractivity contribution < 1.29 is 80.2 Å². The minimum atomic E-state index is -4.97. The van der Waals surface area contributed by atoms with Gasteiger partial charge in [0.1, 0.15) is 19.3 Å². The van der Waals surface area contributed by atoms with Gasteiger partial charge >= 0.3 is 39.5 Å². The van der Waals surface area contributed by atoms with Crippen molar-refractivity contribution in [2.45, 2.75) is 522 Å². The zero-order valence-electron chi connectivity index (χ0n) is 74.0. The van der Waals surface area contributed by atoms with Gasteiger partial charge in [-0.2, -0.15) is 0 Å². The van der Waals surface area contributed by atoms with Crippen LogP contribution in [-0.4, -0.2) is 96.7 Å². The van der Waals surface area contributed by atoms with E-state index in [4.69, 9.17) is 37.0 Å². The lowest BCUT2D eigenvalue weighted by molar-refractivity contribution is -0.161. The van der Waals surface area contributed by atoms with Crippen LogP contribution in [0.3, 0.4) is 0 Å². The van der Waals surface area contributed by atoms with Gasteiger partial charge in [-0.3, -0.25) is 37.3 Å². The van der Waals surface area contributed by atoms with Crippen LogP contribution in [0.1, 0.15) is 504 Å². The van der Waals surface area contributed by atoms with E-state index in [2.05, 4.69) is 41.5 Å². The Morgan fingerprint density at radius 2 is 0.411 bits per heavy atom. The Hall–Kier alpha value is -1.94. The monoisotopic (exact) mass is 1630 g/mol. The largest absolute Gasteiger partial charge is 0.472 e. The molecule has 19 heteroatoms. The van der Waals surface area contributed by atoms with Crippen LogP contribution in [0.25, 0.3) is 0 Å². The molecule has 0 amide bonds. The highest BCUT2D eigenvalue weighted by Gasteiger charge is 2.31. The van der Waals surface area contributed by atoms with E-state index in [9.17, 15) is 43.2 Å². The summed E-state index contributed by atoms with van der Waals surface area (Å²) in [5.41, 5.74) is 0. The van der Waals surface area contributed by atoms with E-state index in [-0.39, 0.29) is 25.7 Å². The summed E-state index contributed by atoms with van der Waals surface area (Å²) in [6, 6.07) is 0. The number of phosphoric ester groups is 2. The maximum absolute atomic E-state index is 13.2. The molecule has 0 aromatic carbocycles. The van der Waals surface area contributed by atoms with Crippen LogP contribution >= 0.6 is 15.6 Å². The van der Waals surface area contributed by atoms with Gasteiger partial charge in [-0.1, -0.05) is 452 Å². The van der Waals surface area contributed by atoms with Crippen molar-refractivity contribution in [3.8, 4) is 0 Å². The molecule has 0 radical (unpaired) electrons. The molecule has 0 bridgehead atoms. The fraction of sp³-hybridized carbons (Fsp3) is 0.957. The standard InChI is InChI=1S/C93H182O17P2/c1-7-9-11-13-15-17-19-21-23-25-27-29-31-36-40-44-48-52-56-63-69-75-90(95)103-81-88(109-92(97)77-71-65-58-54-50-46-42-38-34-33-35-39-43-47-51-55-61-67-73-85(3)4)83-107-111(99,100)105-79-87(94)80-106-112(101,102)108-84-89(82-104-91(96)76-70-64-60-59-62-68-74-86(5)6)110-93(98)78-72-66-57-53-49-45-41-37-32-30-28-26-24-22-20-18-16-14-12-10-8-2/h85-89,94H,7-84H2,1-6H3,(H,99,100)(H,101,102)/t87-,88-,89-/m1/s1. The van der Waals surface area contributed by atoms with E-state index in [0.29, 0.717) is 31.6 Å². The van der Waals surface area contributed by atoms with Crippen LogP contribution in [-0.2, 0) is 65.4 Å². The summed E-state index contributed by atoms with van der Waals surface area (Å²) in [5.74, 6) is -0.599. The number of rotatable bonds is 92. The predicted molar refractivity (Wildman–Crippen MR) is 465 cm³/mol. The van der Waals surface area contributed by atoms with E-state index < -0.39 is 97.5 Å². The Morgan fingerprint density at radius 3 is 0.607 bits per heavy atom. The third-order valence-corrected chi connectivity index (χ3v) is 23.9. The summed E-state index contributed by atoms with van der Waals surface area (Å²) in [6.45, 7) is 9.66. The Labute approximate surface area is 689 Å². The van der Waals surface area contributed by atoms with Crippen molar-refractivity contribution in [1.82, 2.24) is 0 Å². The number of carbonyl (C=O) groups is 4. The molecule has 112 heavy (non-hydrogen) atoms. The highest BCUT2D eigenvalue weighted by atomic mass is 31.2. The third-order valence-electron chi connectivity index (χ3n) is 22.0. The first kappa shape index (κ1) is 110. The van der Waals surface area contributed by atoms with Gasteiger partial charge in [0.15, 0.2) is 12.2 Å². The number of hydrogen-bond acceptors (Lipinski definition) is 15. The van der Waals surface area contributed by atoms with Gasteiger partial charge < -0.3 is 33.8 Å². The number of phosphoric acid groups is 2. The number of esters is 4. The zero-order chi connectivity index (χ0) is 82.0. The first-order chi connectivity index (χ1) is 54.4. The van der Waals surface area contributed by atoms with Crippen LogP contribution in [0.5, 0.6) is 0 Å². The van der Waals surface area contributed by atoms with Crippen LogP contribution in [0, 0.1) is 11.8 Å². The molecule has 0 aromatic rings. The maximum atomic E-state index is 13.2. The lowest BCUT2D eigenvalue weighted by Gasteiger charge is -2.21. The first-order valence-corrected chi connectivity index (χ1v) is 51.0. The highest BCUT2D eigenvalue weighted by molar-refractivity contribution is 7.47. The van der Waals surface area contributed by atoms with Crippen molar-refractivity contribution in [1.29, 1.82) is 0 Å². The zero-order valence-corrected chi connectivity index (χ0v) is 75.8. The summed E-state index contributed by atoms with van der Waals surface area (Å²) in [7, 11) is -9.94. The molecule has 0 saturated carbocycles. The SMILES string of the molecule is CCCCCCCCCCCCCCCCCCCCCCCC(=O)OC[C@H](COP(=O)(O)OC[C@@H](O)COP(=O)(O)OC[C@@H](COC(=O)CCCCCCCCC(C)C)OC(=O)CCCCCCCCCCCCCCCCCCCCCCC)OC(=O)CCCCCCCCCCCCCCCCCCCCC(C)C. The molecular weight excluding hydrogens is 1450 g/mol. The van der Waals surface area contributed by atoms with Crippen molar-refractivity contribution in [3.05, 3.63) is 0 Å². The van der Waals surface area contributed by atoms with Crippen molar-refractivity contribution in [2.24, 2.45) is 11.8 Å². The molecule has 666 valence electrons. The van der Waals surface area contributed by atoms with Gasteiger partial charge in [0.05, 0.1) is 26.4 Å². The molecule has 0 aliphatic carbocycles. The summed E-state index contributed by atoms with van der Waals surface area (Å²) in [6.07, 6.45) is 79.7. The van der Waals surface area contributed by atoms with Gasteiger partial charge in [0.2, 0.25) is 0 Å². The van der Waals surface area contributed by atoms with Gasteiger partial charge in [-0.05, 0) is 37.5 Å². The van der Waals surface area contributed by atoms with Crippen LogP contribution < -0.4 is 0 Å². The molecule has 0 saturated heterocycles. The predicted octanol–water partition coefficient (Wildman–Crippen LogP) is 29.0. The Bertz CT molecular complexity index is 2130. The second-order valence-corrected chi connectivity index (χ2v) is 37.3. The Kier molecular flexibility index (Phi) is 82.6. The lowest BCUT2D eigenvalue weighted by Crippen LogP contribution is -2.30. The molecule has 0 aromatic heterocycles. The van der Waals surface area contributed by atoms with Crippen LogP contribution in [0.2, 0.25) is 0 Å². The second kappa shape index (κ2) is 84.1.